The number of nitrogens with one attached hydrogen (secondary N) is 2. The summed E-state index contributed by atoms with van der Waals surface area (Å²) in [6.07, 6.45) is 1.02. The summed E-state index contributed by atoms with van der Waals surface area (Å²) in [5.41, 5.74) is 6.09. The Morgan fingerprint density at radius 3 is 2.86 bits per heavy atom. The molecule has 1 unspecified atom stereocenters. The predicted octanol–water partition coefficient (Wildman–Crippen LogP) is 1.01. The topological polar surface area (TPSA) is 88.7 Å². The summed E-state index contributed by atoms with van der Waals surface area (Å²) in [6, 6.07) is 7.87. The Hall–Kier alpha value is -2.24. The number of rotatable bonds is 7. The molecule has 6 heteroatoms. The summed E-state index contributed by atoms with van der Waals surface area (Å²) in [6.45, 7) is 4.72. The second-order valence-corrected chi connectivity index (χ2v) is 4.78. The van der Waals surface area contributed by atoms with E-state index >= 15 is 0 Å². The van der Waals surface area contributed by atoms with Gasteiger partial charge in [-0.25, -0.2) is 0 Å². The third-order valence-electron chi connectivity index (χ3n) is 2.96. The average Bonchev–Trinajstić information content (AvgIpc) is 2.49. The molecule has 1 aromatic rings. The van der Waals surface area contributed by atoms with E-state index in [-0.39, 0.29) is 6.61 Å². The number of nitrogens with two attached hydrogens (primary N) is 1. The van der Waals surface area contributed by atoms with E-state index in [1.807, 2.05) is 18.2 Å². The highest BCUT2D eigenvalue weighted by molar-refractivity contribution is 5.79. The molecule has 0 saturated carbocycles. The van der Waals surface area contributed by atoms with E-state index in [1.54, 1.807) is 13.1 Å². The normalized spacial score (nSPS) is 12.6. The van der Waals surface area contributed by atoms with Crippen LogP contribution in [0.1, 0.15) is 25.8 Å². The maximum absolute atomic E-state index is 10.7. The molecule has 6 nitrogen and oxygen atoms in total. The van der Waals surface area contributed by atoms with Crippen LogP contribution in [-0.4, -0.2) is 31.6 Å². The Kier molecular flexibility index (Phi) is 7.08. The van der Waals surface area contributed by atoms with Gasteiger partial charge in [-0.15, -0.1) is 0 Å². The van der Waals surface area contributed by atoms with Crippen LogP contribution in [0.25, 0.3) is 0 Å². The molecule has 21 heavy (non-hydrogen) atoms. The maximum Gasteiger partial charge on any atom is 0.255 e. The van der Waals surface area contributed by atoms with E-state index in [9.17, 15) is 4.79 Å². The molecule has 0 fully saturated rings. The molecule has 0 saturated heterocycles. The SMILES string of the molecule is CCC(C)NC(=NC)NCc1cccc(OCC(N)=O)c1. The molecule has 0 bridgehead atoms. The Labute approximate surface area is 125 Å². The summed E-state index contributed by atoms with van der Waals surface area (Å²) in [5.74, 6) is 0.891. The van der Waals surface area contributed by atoms with Gasteiger partial charge in [0.2, 0.25) is 0 Å². The second kappa shape index (κ2) is 8.84. The lowest BCUT2D eigenvalue weighted by Crippen LogP contribution is -2.41. The van der Waals surface area contributed by atoms with E-state index in [4.69, 9.17) is 10.5 Å². The minimum atomic E-state index is -0.489. The molecule has 0 radical (unpaired) electrons. The third kappa shape index (κ3) is 6.65. The van der Waals surface area contributed by atoms with Gasteiger partial charge in [0, 0.05) is 19.6 Å². The van der Waals surface area contributed by atoms with Crippen LogP contribution in [0.15, 0.2) is 29.3 Å². The van der Waals surface area contributed by atoms with Gasteiger partial charge in [0.15, 0.2) is 12.6 Å². The number of ether oxygens (including phenoxy) is 1. The lowest BCUT2D eigenvalue weighted by molar-refractivity contribution is -0.119. The van der Waals surface area contributed by atoms with Crippen molar-refractivity contribution in [2.45, 2.75) is 32.9 Å². The molecular formula is C15H24N4O2. The second-order valence-electron chi connectivity index (χ2n) is 4.78. The smallest absolute Gasteiger partial charge is 0.255 e. The van der Waals surface area contributed by atoms with Crippen LogP contribution in [0.5, 0.6) is 5.75 Å². The van der Waals surface area contributed by atoms with Gasteiger partial charge in [-0.2, -0.15) is 0 Å². The van der Waals surface area contributed by atoms with Gasteiger partial charge < -0.3 is 21.1 Å². The van der Waals surface area contributed by atoms with Crippen molar-refractivity contribution in [3.8, 4) is 5.75 Å². The van der Waals surface area contributed by atoms with Gasteiger partial charge in [-0.05, 0) is 31.0 Å². The Morgan fingerprint density at radius 1 is 1.48 bits per heavy atom. The molecule has 0 aliphatic heterocycles. The number of hydrogen-bond acceptors (Lipinski definition) is 3. The summed E-state index contributed by atoms with van der Waals surface area (Å²) < 4.78 is 5.27. The van der Waals surface area contributed by atoms with Crippen molar-refractivity contribution >= 4 is 11.9 Å². The van der Waals surface area contributed by atoms with E-state index in [0.717, 1.165) is 17.9 Å². The number of carbonyl (C=O) groups excluding carboxylic acids is 1. The average molecular weight is 292 g/mol. The molecule has 0 heterocycles. The summed E-state index contributed by atoms with van der Waals surface area (Å²) in [7, 11) is 1.74. The van der Waals surface area contributed by atoms with Crippen molar-refractivity contribution in [3.63, 3.8) is 0 Å². The molecule has 1 aromatic carbocycles. The van der Waals surface area contributed by atoms with E-state index in [1.165, 1.54) is 0 Å². The monoisotopic (exact) mass is 292 g/mol. The van der Waals surface area contributed by atoms with Gasteiger partial charge in [0.25, 0.3) is 5.91 Å². The zero-order chi connectivity index (χ0) is 15.7. The number of aliphatic imine (C=N–C) groups is 1. The summed E-state index contributed by atoms with van der Waals surface area (Å²) in [4.78, 5) is 14.9. The minimum Gasteiger partial charge on any atom is -0.484 e. The van der Waals surface area contributed by atoms with Crippen LogP contribution in [0.3, 0.4) is 0 Å². The van der Waals surface area contributed by atoms with Crippen LogP contribution in [-0.2, 0) is 11.3 Å². The van der Waals surface area contributed by atoms with Gasteiger partial charge in [0.1, 0.15) is 5.75 Å². The minimum absolute atomic E-state index is 0.117. The predicted molar refractivity (Wildman–Crippen MR) is 84.2 cm³/mol. The summed E-state index contributed by atoms with van der Waals surface area (Å²) >= 11 is 0. The Morgan fingerprint density at radius 2 is 2.24 bits per heavy atom. The molecule has 1 atom stereocenters. The fraction of sp³-hybridized carbons (Fsp3) is 0.467. The zero-order valence-corrected chi connectivity index (χ0v) is 12.8. The highest BCUT2D eigenvalue weighted by Gasteiger charge is 2.04. The van der Waals surface area contributed by atoms with Crippen molar-refractivity contribution in [1.29, 1.82) is 0 Å². The van der Waals surface area contributed by atoms with E-state index < -0.39 is 5.91 Å². The van der Waals surface area contributed by atoms with Crippen LogP contribution in [0, 0.1) is 0 Å². The Bertz CT molecular complexity index is 488. The van der Waals surface area contributed by atoms with E-state index in [2.05, 4.69) is 29.5 Å². The third-order valence-corrected chi connectivity index (χ3v) is 2.96. The van der Waals surface area contributed by atoms with E-state index in [0.29, 0.717) is 18.3 Å². The molecule has 0 aliphatic rings. The quantitative estimate of drug-likeness (QED) is 0.517. The highest BCUT2D eigenvalue weighted by atomic mass is 16.5. The molecule has 1 rings (SSSR count). The van der Waals surface area contributed by atoms with Gasteiger partial charge >= 0.3 is 0 Å². The zero-order valence-electron chi connectivity index (χ0n) is 12.8. The lowest BCUT2D eigenvalue weighted by atomic mass is 10.2. The first-order valence-corrected chi connectivity index (χ1v) is 7.02. The van der Waals surface area contributed by atoms with Crippen molar-refractivity contribution < 1.29 is 9.53 Å². The Balaban J connectivity index is 2.54. The number of nitrogens with zero attached hydrogens (tertiary/aromatic N) is 1. The highest BCUT2D eigenvalue weighted by Crippen LogP contribution is 2.13. The number of amides is 1. The van der Waals surface area contributed by atoms with Crippen LogP contribution in [0.4, 0.5) is 0 Å². The van der Waals surface area contributed by atoms with Crippen molar-refractivity contribution in [1.82, 2.24) is 10.6 Å². The fourth-order valence-corrected chi connectivity index (χ4v) is 1.62. The first-order chi connectivity index (χ1) is 10.0. The number of primary amides is 1. The molecule has 116 valence electrons. The standard InChI is InChI=1S/C15H24N4O2/c1-4-11(2)19-15(17-3)18-9-12-6-5-7-13(8-12)21-10-14(16)20/h5-8,11H,4,9-10H2,1-3H3,(H2,16,20)(H2,17,18,19). The molecule has 0 aromatic heterocycles. The first kappa shape index (κ1) is 16.8. The fourth-order valence-electron chi connectivity index (χ4n) is 1.62. The van der Waals surface area contributed by atoms with Crippen molar-refractivity contribution in [2.75, 3.05) is 13.7 Å². The number of guanidine groups is 1. The maximum atomic E-state index is 10.7. The van der Waals surface area contributed by atoms with Gasteiger partial charge in [-0.1, -0.05) is 19.1 Å². The molecule has 0 aliphatic carbocycles. The largest absolute Gasteiger partial charge is 0.484 e. The van der Waals surface area contributed by atoms with Crippen LogP contribution >= 0.6 is 0 Å². The number of hydrogen-bond donors (Lipinski definition) is 3. The van der Waals surface area contributed by atoms with Crippen LogP contribution < -0.4 is 21.1 Å². The number of benzene rings is 1. The lowest BCUT2D eigenvalue weighted by Gasteiger charge is -2.16. The molecule has 0 spiro atoms. The number of carbonyl (C=O) groups is 1. The molecular weight excluding hydrogens is 268 g/mol. The molecule has 1 amide bonds. The van der Waals surface area contributed by atoms with Crippen molar-refractivity contribution in [2.24, 2.45) is 10.7 Å². The van der Waals surface area contributed by atoms with Gasteiger partial charge in [-0.3, -0.25) is 9.79 Å². The van der Waals surface area contributed by atoms with Crippen molar-refractivity contribution in [3.05, 3.63) is 29.8 Å². The van der Waals surface area contributed by atoms with Gasteiger partial charge in [0.05, 0.1) is 0 Å². The van der Waals surface area contributed by atoms with Crippen LogP contribution in [0.2, 0.25) is 0 Å². The molecule has 4 N–H and O–H groups in total. The first-order valence-electron chi connectivity index (χ1n) is 7.02. The summed E-state index contributed by atoms with van der Waals surface area (Å²) in [5, 5.41) is 6.52.